The van der Waals surface area contributed by atoms with Crippen molar-refractivity contribution >= 4 is 28.9 Å². The first kappa shape index (κ1) is 9.06. The number of nitrogens with zero attached hydrogens (tertiary/aromatic N) is 4. The van der Waals surface area contributed by atoms with Gasteiger partial charge in [0.1, 0.15) is 0 Å². The minimum Gasteiger partial charge on any atom is -0.476 e. The van der Waals surface area contributed by atoms with Gasteiger partial charge in [-0.1, -0.05) is 0 Å². The number of carbonyl (C=O) groups is 1. The third kappa shape index (κ3) is 1.47. The molecule has 76 valence electrons. The molecule has 8 heteroatoms. The summed E-state index contributed by atoms with van der Waals surface area (Å²) in [5.74, 6) is -1.22. The van der Waals surface area contributed by atoms with Gasteiger partial charge in [-0.25, -0.2) is 14.8 Å². The number of anilines is 2. The number of hydrogen-bond acceptors (Lipinski definition) is 7. The van der Waals surface area contributed by atoms with Crippen LogP contribution in [-0.4, -0.2) is 31.0 Å². The van der Waals surface area contributed by atoms with E-state index in [0.29, 0.717) is 0 Å². The summed E-state index contributed by atoms with van der Waals surface area (Å²) in [6.45, 7) is 0. The van der Waals surface area contributed by atoms with E-state index in [-0.39, 0.29) is 28.6 Å². The molecule has 2 aromatic heterocycles. The number of carboxylic acid groups (broad SMARTS) is 1. The zero-order valence-corrected chi connectivity index (χ0v) is 7.38. The van der Waals surface area contributed by atoms with E-state index in [4.69, 9.17) is 16.6 Å². The maximum Gasteiger partial charge on any atom is 0.356 e. The van der Waals surface area contributed by atoms with Crippen LogP contribution in [0.1, 0.15) is 10.5 Å². The van der Waals surface area contributed by atoms with Crippen LogP contribution in [-0.2, 0) is 0 Å². The number of nitrogen functional groups attached to an aromatic ring is 2. The van der Waals surface area contributed by atoms with E-state index in [0.717, 1.165) is 6.20 Å². The Hall–Kier alpha value is -2.51. The van der Waals surface area contributed by atoms with Crippen LogP contribution in [0.25, 0.3) is 11.2 Å². The van der Waals surface area contributed by atoms with E-state index in [1.165, 1.54) is 0 Å². The lowest BCUT2D eigenvalue weighted by Gasteiger charge is -2.01. The Morgan fingerprint density at radius 1 is 1.27 bits per heavy atom. The van der Waals surface area contributed by atoms with E-state index in [9.17, 15) is 4.79 Å². The molecule has 2 rings (SSSR count). The van der Waals surface area contributed by atoms with E-state index in [1.807, 2.05) is 0 Å². The van der Waals surface area contributed by atoms with Gasteiger partial charge in [-0.3, -0.25) is 0 Å². The fraction of sp³-hybridized carbons (Fsp3) is 0. The molecule has 15 heavy (non-hydrogen) atoms. The van der Waals surface area contributed by atoms with Crippen LogP contribution in [0, 0.1) is 0 Å². The van der Waals surface area contributed by atoms with Crippen LogP contribution in [0.4, 0.5) is 11.8 Å². The predicted molar refractivity (Wildman–Crippen MR) is 50.9 cm³/mol. The predicted octanol–water partition coefficient (Wildman–Crippen LogP) is -0.718. The summed E-state index contributed by atoms with van der Waals surface area (Å²) < 4.78 is 0. The van der Waals surface area contributed by atoms with Crippen molar-refractivity contribution in [2.45, 2.75) is 0 Å². The van der Waals surface area contributed by atoms with E-state index < -0.39 is 5.97 Å². The summed E-state index contributed by atoms with van der Waals surface area (Å²) in [4.78, 5) is 25.5. The molecule has 0 atom stereocenters. The van der Waals surface area contributed by atoms with Crippen LogP contribution < -0.4 is 11.5 Å². The Morgan fingerprint density at radius 3 is 2.67 bits per heavy atom. The second-order valence-corrected chi connectivity index (χ2v) is 2.70. The van der Waals surface area contributed by atoms with Crippen LogP contribution in [0.15, 0.2) is 6.20 Å². The van der Waals surface area contributed by atoms with Gasteiger partial charge in [-0.2, -0.15) is 9.97 Å². The topological polar surface area (TPSA) is 141 Å². The Kier molecular flexibility index (Phi) is 1.82. The molecule has 0 aliphatic carbocycles. The molecule has 0 spiro atoms. The largest absolute Gasteiger partial charge is 0.476 e. The van der Waals surface area contributed by atoms with Gasteiger partial charge in [0, 0.05) is 0 Å². The second-order valence-electron chi connectivity index (χ2n) is 2.70. The molecule has 0 amide bonds. The lowest BCUT2D eigenvalue weighted by molar-refractivity contribution is 0.0690. The van der Waals surface area contributed by atoms with Gasteiger partial charge < -0.3 is 16.6 Å². The van der Waals surface area contributed by atoms with Gasteiger partial charge in [-0.05, 0) is 0 Å². The van der Waals surface area contributed by atoms with Gasteiger partial charge in [0.15, 0.2) is 22.7 Å². The van der Waals surface area contributed by atoms with Crippen molar-refractivity contribution in [3.05, 3.63) is 11.9 Å². The van der Waals surface area contributed by atoms with Crippen LogP contribution in [0.5, 0.6) is 0 Å². The van der Waals surface area contributed by atoms with Crippen molar-refractivity contribution in [2.24, 2.45) is 0 Å². The lowest BCUT2D eigenvalue weighted by Crippen LogP contribution is -2.07. The highest BCUT2D eigenvalue weighted by molar-refractivity contribution is 5.89. The lowest BCUT2D eigenvalue weighted by atomic mass is 10.4. The first-order chi connectivity index (χ1) is 7.08. The van der Waals surface area contributed by atoms with Crippen molar-refractivity contribution in [2.75, 3.05) is 11.5 Å². The second kappa shape index (κ2) is 3.01. The van der Waals surface area contributed by atoms with Crippen molar-refractivity contribution in [3.8, 4) is 0 Å². The molecule has 0 aliphatic rings. The fourth-order valence-electron chi connectivity index (χ4n) is 1.05. The number of aromatic carboxylic acids is 1. The first-order valence-electron chi connectivity index (χ1n) is 3.87. The molecule has 0 bridgehead atoms. The highest BCUT2D eigenvalue weighted by Gasteiger charge is 2.10. The van der Waals surface area contributed by atoms with Crippen molar-refractivity contribution in [1.82, 2.24) is 19.9 Å². The number of fused-ring (bicyclic) bond motifs is 1. The quantitative estimate of drug-likeness (QED) is 0.555. The summed E-state index contributed by atoms with van der Waals surface area (Å²) in [5, 5.41) is 8.68. The normalized spacial score (nSPS) is 10.4. The standard InChI is InChI=1S/C7H6N6O2/c8-4-3-5(13-7(9)12-4)10-1-2(11-3)6(14)15/h1H,(H,14,15)(H4,8,9,10,12,13). The summed E-state index contributed by atoms with van der Waals surface area (Å²) in [5.41, 5.74) is 10.9. The third-order valence-electron chi connectivity index (χ3n) is 1.67. The smallest absolute Gasteiger partial charge is 0.356 e. The third-order valence-corrected chi connectivity index (χ3v) is 1.67. The maximum atomic E-state index is 10.6. The van der Waals surface area contributed by atoms with Crippen LogP contribution in [0.3, 0.4) is 0 Å². The van der Waals surface area contributed by atoms with Crippen LogP contribution >= 0.6 is 0 Å². The molecule has 0 aliphatic heterocycles. The van der Waals surface area contributed by atoms with E-state index in [2.05, 4.69) is 19.9 Å². The number of rotatable bonds is 1. The van der Waals surface area contributed by atoms with Gasteiger partial charge in [0.05, 0.1) is 6.20 Å². The van der Waals surface area contributed by atoms with Crippen molar-refractivity contribution in [3.63, 3.8) is 0 Å². The zero-order valence-electron chi connectivity index (χ0n) is 7.38. The summed E-state index contributed by atoms with van der Waals surface area (Å²) in [7, 11) is 0. The molecule has 0 fully saturated rings. The Bertz CT molecular complexity index is 554. The molecule has 2 aromatic rings. The fourth-order valence-corrected chi connectivity index (χ4v) is 1.05. The summed E-state index contributed by atoms with van der Waals surface area (Å²) in [6, 6.07) is 0. The van der Waals surface area contributed by atoms with Crippen molar-refractivity contribution in [1.29, 1.82) is 0 Å². The number of aromatic nitrogens is 4. The number of carboxylic acids is 1. The molecule has 5 N–H and O–H groups in total. The number of nitrogens with two attached hydrogens (primary N) is 2. The highest BCUT2D eigenvalue weighted by atomic mass is 16.4. The van der Waals surface area contributed by atoms with Gasteiger partial charge >= 0.3 is 5.97 Å². The molecular formula is C7H6N6O2. The molecule has 8 nitrogen and oxygen atoms in total. The first-order valence-corrected chi connectivity index (χ1v) is 3.87. The number of hydrogen-bond donors (Lipinski definition) is 3. The Morgan fingerprint density at radius 2 is 2.00 bits per heavy atom. The molecular weight excluding hydrogens is 200 g/mol. The Balaban J connectivity index is 2.76. The maximum absolute atomic E-state index is 10.6. The summed E-state index contributed by atoms with van der Waals surface area (Å²) >= 11 is 0. The highest BCUT2D eigenvalue weighted by Crippen LogP contribution is 2.14. The minimum absolute atomic E-state index is 0.00750. The minimum atomic E-state index is -1.19. The van der Waals surface area contributed by atoms with Crippen LogP contribution in [0.2, 0.25) is 0 Å². The van der Waals surface area contributed by atoms with Gasteiger partial charge in [0.2, 0.25) is 5.95 Å². The molecule has 0 unspecified atom stereocenters. The SMILES string of the molecule is Nc1nc(N)c2nc(C(=O)O)cnc2n1. The van der Waals surface area contributed by atoms with Crippen molar-refractivity contribution < 1.29 is 9.90 Å². The average molecular weight is 206 g/mol. The molecule has 0 saturated carbocycles. The Labute approximate surface area is 83.0 Å². The zero-order chi connectivity index (χ0) is 11.0. The average Bonchev–Trinajstić information content (AvgIpc) is 2.16. The molecule has 2 heterocycles. The van der Waals surface area contributed by atoms with E-state index in [1.54, 1.807) is 0 Å². The monoisotopic (exact) mass is 206 g/mol. The summed E-state index contributed by atoms with van der Waals surface area (Å²) in [6.07, 6.45) is 1.08. The molecule has 0 radical (unpaired) electrons. The van der Waals surface area contributed by atoms with Gasteiger partial charge in [0.25, 0.3) is 0 Å². The van der Waals surface area contributed by atoms with Gasteiger partial charge in [-0.15, -0.1) is 0 Å². The molecule has 0 saturated heterocycles. The van der Waals surface area contributed by atoms with E-state index >= 15 is 0 Å². The molecule has 0 aromatic carbocycles.